The summed E-state index contributed by atoms with van der Waals surface area (Å²) in [6.45, 7) is 6.48. The van der Waals surface area contributed by atoms with Crippen molar-refractivity contribution in [2.75, 3.05) is 5.75 Å². The second-order valence-electron chi connectivity index (χ2n) is 8.96. The molecule has 0 amide bonds. The Morgan fingerprint density at radius 2 is 1.60 bits per heavy atom. The van der Waals surface area contributed by atoms with E-state index in [2.05, 4.69) is 43.1 Å². The number of benzene rings is 3. The van der Waals surface area contributed by atoms with E-state index >= 15 is 0 Å². The minimum Gasteiger partial charge on any atom is -0.293 e. The third-order valence-electron chi connectivity index (χ3n) is 5.46. The molecule has 0 aliphatic carbocycles. The van der Waals surface area contributed by atoms with Gasteiger partial charge < -0.3 is 0 Å². The molecule has 0 atom stereocenters. The van der Waals surface area contributed by atoms with E-state index in [4.69, 9.17) is 11.6 Å². The first-order chi connectivity index (χ1) is 16.6. The summed E-state index contributed by atoms with van der Waals surface area (Å²) in [5, 5.41) is 20.8. The lowest BCUT2D eigenvalue weighted by Gasteiger charge is -2.19. The van der Waals surface area contributed by atoms with Gasteiger partial charge in [-0.25, -0.2) is 0 Å². The van der Waals surface area contributed by atoms with Gasteiger partial charge in [0.15, 0.2) is 16.8 Å². The Bertz CT molecular complexity index is 1360. The van der Waals surface area contributed by atoms with Crippen LogP contribution in [0.15, 0.2) is 78.0 Å². The molecule has 0 unspecified atom stereocenters. The maximum Gasteiger partial charge on any atom is 0.269 e. The average Bonchev–Trinajstić information content (AvgIpc) is 3.26. The van der Waals surface area contributed by atoms with Gasteiger partial charge in [-0.3, -0.25) is 19.5 Å². The monoisotopic (exact) mass is 506 g/mol. The molecule has 178 valence electrons. The standard InChI is InChI=1S/C26H23ClN4O3S/c1-26(2,3)19-8-4-18(5-9-19)24-28-29-25(30(24)21-14-10-20(27)11-15-21)35-16-23(32)17-6-12-22(13-7-17)31(33)34/h4-15H,16H2,1-3H3. The molecule has 0 spiro atoms. The summed E-state index contributed by atoms with van der Waals surface area (Å²) in [5.41, 5.74) is 3.30. The number of carbonyl (C=O) groups excluding carboxylic acids is 1. The van der Waals surface area contributed by atoms with Gasteiger partial charge in [-0.05, 0) is 47.4 Å². The Kier molecular flexibility index (Phi) is 7.05. The zero-order valence-electron chi connectivity index (χ0n) is 19.4. The molecule has 0 aliphatic heterocycles. The van der Waals surface area contributed by atoms with E-state index in [1.807, 2.05) is 28.8 Å². The minimum absolute atomic E-state index is 0.0294. The van der Waals surface area contributed by atoms with Crippen LogP contribution in [-0.4, -0.2) is 31.2 Å². The molecule has 0 radical (unpaired) electrons. The molecular formula is C26H23ClN4O3S. The Morgan fingerprint density at radius 3 is 2.17 bits per heavy atom. The number of hydrogen-bond acceptors (Lipinski definition) is 6. The van der Waals surface area contributed by atoms with Gasteiger partial charge >= 0.3 is 0 Å². The number of hydrogen-bond donors (Lipinski definition) is 0. The number of carbonyl (C=O) groups is 1. The van der Waals surface area contributed by atoms with Crippen LogP contribution in [0.1, 0.15) is 36.7 Å². The van der Waals surface area contributed by atoms with Crippen LogP contribution < -0.4 is 0 Å². The van der Waals surface area contributed by atoms with Crippen molar-refractivity contribution in [1.29, 1.82) is 0 Å². The number of nitro benzene ring substituents is 1. The van der Waals surface area contributed by atoms with Gasteiger partial charge in [-0.1, -0.05) is 68.4 Å². The highest BCUT2D eigenvalue weighted by molar-refractivity contribution is 7.99. The summed E-state index contributed by atoms with van der Waals surface area (Å²) < 4.78 is 1.90. The zero-order valence-corrected chi connectivity index (χ0v) is 21.0. The van der Waals surface area contributed by atoms with E-state index in [0.29, 0.717) is 21.6 Å². The van der Waals surface area contributed by atoms with E-state index in [1.165, 1.54) is 41.6 Å². The van der Waals surface area contributed by atoms with Gasteiger partial charge in [0, 0.05) is 34.0 Å². The van der Waals surface area contributed by atoms with Crippen LogP contribution in [0.5, 0.6) is 0 Å². The summed E-state index contributed by atoms with van der Waals surface area (Å²) in [4.78, 5) is 23.1. The molecule has 0 N–H and O–H groups in total. The summed E-state index contributed by atoms with van der Waals surface area (Å²) >= 11 is 7.35. The predicted molar refractivity (Wildman–Crippen MR) is 139 cm³/mol. The third-order valence-corrected chi connectivity index (χ3v) is 6.64. The minimum atomic E-state index is -0.493. The third kappa shape index (κ3) is 5.61. The fraction of sp³-hybridized carbons (Fsp3) is 0.192. The first kappa shape index (κ1) is 24.6. The number of ketones is 1. The number of rotatable bonds is 7. The quantitative estimate of drug-likeness (QED) is 0.119. The average molecular weight is 507 g/mol. The van der Waals surface area contributed by atoms with Crippen LogP contribution in [0, 0.1) is 10.1 Å². The second-order valence-corrected chi connectivity index (χ2v) is 10.3. The summed E-state index contributed by atoms with van der Waals surface area (Å²) in [6.07, 6.45) is 0. The number of non-ortho nitro benzene ring substituents is 1. The molecule has 4 rings (SSSR count). The molecule has 35 heavy (non-hydrogen) atoms. The molecule has 0 bridgehead atoms. The van der Waals surface area contributed by atoms with Gasteiger partial charge in [-0.2, -0.15) is 0 Å². The number of nitrogens with zero attached hydrogens (tertiary/aromatic N) is 4. The number of halogens is 1. The van der Waals surface area contributed by atoms with Crippen molar-refractivity contribution in [2.45, 2.75) is 31.3 Å². The molecule has 0 aliphatic rings. The van der Waals surface area contributed by atoms with E-state index in [9.17, 15) is 14.9 Å². The Balaban J connectivity index is 1.64. The fourth-order valence-corrected chi connectivity index (χ4v) is 4.45. The first-order valence-electron chi connectivity index (χ1n) is 10.9. The van der Waals surface area contributed by atoms with E-state index in [-0.39, 0.29) is 22.6 Å². The van der Waals surface area contributed by atoms with Crippen LogP contribution in [0.25, 0.3) is 17.1 Å². The van der Waals surface area contributed by atoms with Crippen LogP contribution in [0.2, 0.25) is 5.02 Å². The van der Waals surface area contributed by atoms with Crippen molar-refractivity contribution in [2.24, 2.45) is 0 Å². The molecule has 1 aromatic heterocycles. The van der Waals surface area contributed by atoms with Crippen molar-refractivity contribution in [3.8, 4) is 17.1 Å². The van der Waals surface area contributed by atoms with Crippen molar-refractivity contribution in [3.05, 3.63) is 99.1 Å². The lowest BCUT2D eigenvalue weighted by molar-refractivity contribution is -0.384. The van der Waals surface area contributed by atoms with Gasteiger partial charge in [0.1, 0.15) is 0 Å². The highest BCUT2D eigenvalue weighted by Crippen LogP contribution is 2.31. The number of thioether (sulfide) groups is 1. The summed E-state index contributed by atoms with van der Waals surface area (Å²) in [7, 11) is 0. The van der Waals surface area contributed by atoms with Crippen molar-refractivity contribution in [3.63, 3.8) is 0 Å². The van der Waals surface area contributed by atoms with E-state index in [1.54, 1.807) is 12.1 Å². The molecule has 0 saturated carbocycles. The smallest absolute Gasteiger partial charge is 0.269 e. The highest BCUT2D eigenvalue weighted by atomic mass is 35.5. The van der Waals surface area contributed by atoms with Gasteiger partial charge in [0.05, 0.1) is 10.7 Å². The molecule has 0 saturated heterocycles. The molecule has 1 heterocycles. The first-order valence-corrected chi connectivity index (χ1v) is 12.2. The molecule has 9 heteroatoms. The van der Waals surface area contributed by atoms with E-state index < -0.39 is 4.92 Å². The maximum atomic E-state index is 12.7. The summed E-state index contributed by atoms with van der Waals surface area (Å²) in [5.74, 6) is 0.594. The molecule has 0 fully saturated rings. The van der Waals surface area contributed by atoms with E-state index in [0.717, 1.165) is 11.3 Å². The lowest BCUT2D eigenvalue weighted by atomic mass is 9.87. The van der Waals surface area contributed by atoms with Crippen molar-refractivity contribution >= 4 is 34.8 Å². The highest BCUT2D eigenvalue weighted by Gasteiger charge is 2.19. The zero-order chi connectivity index (χ0) is 25.2. The van der Waals surface area contributed by atoms with Gasteiger partial charge in [0.25, 0.3) is 5.69 Å². The van der Waals surface area contributed by atoms with Crippen LogP contribution >= 0.6 is 23.4 Å². The van der Waals surface area contributed by atoms with Gasteiger partial charge in [-0.15, -0.1) is 10.2 Å². The van der Waals surface area contributed by atoms with Crippen molar-refractivity contribution in [1.82, 2.24) is 14.8 Å². The fourth-order valence-electron chi connectivity index (χ4n) is 3.48. The Morgan fingerprint density at radius 1 is 0.971 bits per heavy atom. The molecule has 7 nitrogen and oxygen atoms in total. The van der Waals surface area contributed by atoms with Crippen LogP contribution in [0.4, 0.5) is 5.69 Å². The molecule has 4 aromatic rings. The summed E-state index contributed by atoms with van der Waals surface area (Å²) in [6, 6.07) is 21.1. The molecule has 3 aromatic carbocycles. The van der Waals surface area contributed by atoms with Crippen LogP contribution in [0.3, 0.4) is 0 Å². The topological polar surface area (TPSA) is 90.9 Å². The Labute approximate surface area is 212 Å². The van der Waals surface area contributed by atoms with Gasteiger partial charge in [0.2, 0.25) is 0 Å². The number of Topliss-reactive ketones (excluding diaryl/α,β-unsaturated/α-hetero) is 1. The number of aromatic nitrogens is 3. The lowest BCUT2D eigenvalue weighted by Crippen LogP contribution is -2.10. The normalized spacial score (nSPS) is 11.4. The number of nitro groups is 1. The second kappa shape index (κ2) is 10.0. The SMILES string of the molecule is CC(C)(C)c1ccc(-c2nnc(SCC(=O)c3ccc([N+](=O)[O-])cc3)n2-c2ccc(Cl)cc2)cc1. The predicted octanol–water partition coefficient (Wildman–Crippen LogP) is 6.77. The van der Waals surface area contributed by atoms with Crippen molar-refractivity contribution < 1.29 is 9.72 Å². The largest absolute Gasteiger partial charge is 0.293 e. The Hall–Kier alpha value is -3.49. The maximum absolute atomic E-state index is 12.7. The van der Waals surface area contributed by atoms with Crippen LogP contribution in [-0.2, 0) is 5.41 Å². The molecular weight excluding hydrogens is 484 g/mol.